The summed E-state index contributed by atoms with van der Waals surface area (Å²) in [4.78, 5) is 0. The van der Waals surface area contributed by atoms with Crippen LogP contribution in [0.1, 0.15) is 79.4 Å². The minimum Gasteiger partial charge on any atom is -0.464 e. The van der Waals surface area contributed by atoms with Crippen molar-refractivity contribution in [1.29, 1.82) is 0 Å². The van der Waals surface area contributed by atoms with Gasteiger partial charge in [0.1, 0.15) is 11.0 Å². The fraction of sp³-hybridized carbons (Fsp3) is 0.462. The quantitative estimate of drug-likeness (QED) is 0.434. The molecule has 0 bridgehead atoms. The fourth-order valence-corrected chi connectivity index (χ4v) is 3.42. The van der Waals surface area contributed by atoms with Crippen molar-refractivity contribution in [3.8, 4) is 0 Å². The van der Waals surface area contributed by atoms with Crippen LogP contribution < -0.4 is 10.6 Å². The maximum absolute atomic E-state index is 5.53. The van der Waals surface area contributed by atoms with Gasteiger partial charge in [0.15, 0.2) is 0 Å². The van der Waals surface area contributed by atoms with Crippen molar-refractivity contribution in [1.82, 2.24) is 0 Å². The average Bonchev–Trinajstić information content (AvgIpc) is 3.29. The minimum atomic E-state index is 0.184. The highest BCUT2D eigenvalue weighted by molar-refractivity contribution is 5.81. The minimum absolute atomic E-state index is 0.184. The summed E-state index contributed by atoms with van der Waals surface area (Å²) in [7, 11) is 0. The maximum atomic E-state index is 5.53. The van der Waals surface area contributed by atoms with E-state index in [1.54, 1.807) is 6.26 Å². The lowest BCUT2D eigenvalue weighted by Crippen LogP contribution is -2.30. The fourth-order valence-electron chi connectivity index (χ4n) is 3.42. The number of benzene rings is 1. The summed E-state index contributed by atoms with van der Waals surface area (Å²) in [5, 5.41) is 2.55. The molecule has 152 valence electrons. The number of rotatable bonds is 0. The Balaban J connectivity index is 0.000000184. The molecular formula is C26H36O2. The Labute approximate surface area is 169 Å². The Kier molecular flexibility index (Phi) is 6.98. The van der Waals surface area contributed by atoms with Crippen molar-refractivity contribution in [3.63, 3.8) is 0 Å². The monoisotopic (exact) mass is 380 g/mol. The molecule has 0 saturated heterocycles. The molecule has 0 radical (unpaired) electrons. The van der Waals surface area contributed by atoms with Gasteiger partial charge >= 0.3 is 0 Å². The summed E-state index contributed by atoms with van der Waals surface area (Å²) < 4.78 is 10.9. The van der Waals surface area contributed by atoms with Crippen LogP contribution in [-0.2, 0) is 10.8 Å². The van der Waals surface area contributed by atoms with Gasteiger partial charge in [-0.05, 0) is 47.4 Å². The van der Waals surface area contributed by atoms with Crippen LogP contribution in [0.25, 0.3) is 23.1 Å². The molecule has 0 saturated carbocycles. The van der Waals surface area contributed by atoms with E-state index in [2.05, 4.69) is 59.8 Å². The Hall–Kier alpha value is -2.22. The first-order valence-electron chi connectivity index (χ1n) is 10.4. The second-order valence-electron chi connectivity index (χ2n) is 9.05. The van der Waals surface area contributed by atoms with Crippen LogP contribution in [0.4, 0.5) is 0 Å². The predicted octanol–water partition coefficient (Wildman–Crippen LogP) is 6.69. The summed E-state index contributed by atoms with van der Waals surface area (Å²) in [5.74, 6) is 0. The molecule has 1 aromatic carbocycles. The van der Waals surface area contributed by atoms with E-state index in [0.717, 1.165) is 23.8 Å². The molecule has 0 N–H and O–H groups in total. The zero-order chi connectivity index (χ0) is 20.9. The molecular weight excluding hydrogens is 344 g/mol. The SMILES string of the molecule is CC.CC(C)(C)c1cccc2occc12.CC(C)(C)c1coc2c1=CCCC=2. The summed E-state index contributed by atoms with van der Waals surface area (Å²) in [6, 6.07) is 8.25. The van der Waals surface area contributed by atoms with Gasteiger partial charge in [0.05, 0.1) is 12.5 Å². The lowest BCUT2D eigenvalue weighted by Gasteiger charge is -2.19. The lowest BCUT2D eigenvalue weighted by molar-refractivity contribution is 0.513. The zero-order valence-electron chi connectivity index (χ0n) is 18.8. The summed E-state index contributed by atoms with van der Waals surface area (Å²) in [6.07, 6.45) is 10.4. The molecule has 0 atom stereocenters. The van der Waals surface area contributed by atoms with Gasteiger partial charge in [-0.15, -0.1) is 0 Å². The molecule has 0 spiro atoms. The number of furan rings is 2. The van der Waals surface area contributed by atoms with Crippen molar-refractivity contribution in [3.05, 3.63) is 58.6 Å². The lowest BCUT2D eigenvalue weighted by atomic mass is 9.85. The molecule has 0 unspecified atom stereocenters. The first-order chi connectivity index (χ1) is 13.2. The van der Waals surface area contributed by atoms with Crippen molar-refractivity contribution >= 4 is 23.1 Å². The summed E-state index contributed by atoms with van der Waals surface area (Å²) >= 11 is 0. The van der Waals surface area contributed by atoms with Crippen molar-refractivity contribution in [2.75, 3.05) is 0 Å². The predicted molar refractivity (Wildman–Crippen MR) is 121 cm³/mol. The third kappa shape index (κ3) is 4.98. The number of hydrogen-bond acceptors (Lipinski definition) is 2. The van der Waals surface area contributed by atoms with E-state index in [0.29, 0.717) is 0 Å². The van der Waals surface area contributed by atoms with Gasteiger partial charge in [0.2, 0.25) is 0 Å². The molecule has 2 aromatic heterocycles. The van der Waals surface area contributed by atoms with Gasteiger partial charge in [-0.2, -0.15) is 0 Å². The van der Waals surface area contributed by atoms with Crippen molar-refractivity contribution in [2.45, 2.75) is 79.1 Å². The first kappa shape index (κ1) is 22.1. The summed E-state index contributed by atoms with van der Waals surface area (Å²) in [6.45, 7) is 17.3. The Morgan fingerprint density at radius 3 is 2.04 bits per heavy atom. The van der Waals surface area contributed by atoms with Crippen LogP contribution in [-0.4, -0.2) is 0 Å². The highest BCUT2D eigenvalue weighted by Gasteiger charge is 2.18. The van der Waals surface area contributed by atoms with Crippen molar-refractivity contribution < 1.29 is 8.83 Å². The Morgan fingerprint density at radius 1 is 0.750 bits per heavy atom. The van der Waals surface area contributed by atoms with Gasteiger partial charge < -0.3 is 8.83 Å². The van der Waals surface area contributed by atoms with Crippen LogP contribution in [0.2, 0.25) is 0 Å². The smallest absolute Gasteiger partial charge is 0.134 e. The molecule has 1 aliphatic carbocycles. The van der Waals surface area contributed by atoms with Gasteiger partial charge in [-0.3, -0.25) is 0 Å². The maximum Gasteiger partial charge on any atom is 0.134 e. The normalized spacial score (nSPS) is 13.3. The molecule has 0 fully saturated rings. The van der Waals surface area contributed by atoms with Crippen molar-refractivity contribution in [2.24, 2.45) is 0 Å². The summed E-state index contributed by atoms with van der Waals surface area (Å²) in [5.41, 5.74) is 5.10. The van der Waals surface area contributed by atoms with Crippen LogP contribution in [0.3, 0.4) is 0 Å². The third-order valence-corrected chi connectivity index (χ3v) is 4.82. The van der Waals surface area contributed by atoms with E-state index in [-0.39, 0.29) is 10.8 Å². The van der Waals surface area contributed by atoms with E-state index < -0.39 is 0 Å². The molecule has 2 heteroatoms. The molecule has 2 nitrogen and oxygen atoms in total. The molecule has 4 rings (SSSR count). The van der Waals surface area contributed by atoms with Crippen LogP contribution >= 0.6 is 0 Å². The van der Waals surface area contributed by atoms with Crippen LogP contribution in [0, 0.1) is 0 Å². The second-order valence-corrected chi connectivity index (χ2v) is 9.05. The van der Waals surface area contributed by atoms with E-state index in [9.17, 15) is 0 Å². The zero-order valence-corrected chi connectivity index (χ0v) is 18.8. The topological polar surface area (TPSA) is 26.3 Å². The van der Waals surface area contributed by atoms with Gasteiger partial charge in [-0.1, -0.05) is 73.6 Å². The van der Waals surface area contributed by atoms with E-state index in [1.807, 2.05) is 38.3 Å². The largest absolute Gasteiger partial charge is 0.464 e. The molecule has 0 aliphatic heterocycles. The van der Waals surface area contributed by atoms with Crippen LogP contribution in [0.5, 0.6) is 0 Å². The Morgan fingerprint density at radius 2 is 1.39 bits per heavy atom. The number of fused-ring (bicyclic) bond motifs is 2. The second kappa shape index (κ2) is 8.86. The molecule has 28 heavy (non-hydrogen) atoms. The molecule has 3 aromatic rings. The number of hydrogen-bond donors (Lipinski definition) is 0. The van der Waals surface area contributed by atoms with Gasteiger partial charge in [0, 0.05) is 16.2 Å². The van der Waals surface area contributed by atoms with Crippen LogP contribution in [0.15, 0.2) is 45.6 Å². The van der Waals surface area contributed by atoms with E-state index in [1.165, 1.54) is 21.7 Å². The first-order valence-corrected chi connectivity index (χ1v) is 10.4. The highest BCUT2D eigenvalue weighted by Crippen LogP contribution is 2.30. The molecule has 0 amide bonds. The van der Waals surface area contributed by atoms with Gasteiger partial charge in [-0.25, -0.2) is 0 Å². The third-order valence-electron chi connectivity index (χ3n) is 4.82. The average molecular weight is 381 g/mol. The molecule has 1 aliphatic rings. The highest BCUT2D eigenvalue weighted by atomic mass is 16.3. The van der Waals surface area contributed by atoms with E-state index >= 15 is 0 Å². The Bertz CT molecular complexity index is 1000. The van der Waals surface area contributed by atoms with Gasteiger partial charge in [0.25, 0.3) is 0 Å². The molecule has 2 heterocycles. The standard InChI is InChI=1S/C12H14O.C12H16O.C2H6/c1-12(2,3)10-5-4-6-11-9(10)7-8-13-11;1-12(2,3)10-8-13-11-7-5-4-6-9(10)11;1-2/h4-8H,1-3H3;6-8H,4-5H2,1-3H3;1-2H3. The van der Waals surface area contributed by atoms with E-state index in [4.69, 9.17) is 8.83 Å².